The summed E-state index contributed by atoms with van der Waals surface area (Å²) in [6, 6.07) is 8.34. The fourth-order valence-corrected chi connectivity index (χ4v) is 7.76. The molecule has 1 amide bonds. The van der Waals surface area contributed by atoms with Gasteiger partial charge in [-0.05, 0) is 66.5 Å². The number of nitrogens with one attached hydrogen (secondary N) is 1. The molecule has 2 aromatic carbocycles. The summed E-state index contributed by atoms with van der Waals surface area (Å²) in [6.45, 7) is -0.529. The minimum Gasteiger partial charge on any atom is -0.329 e. The standard InChI is InChI=1S/C31H27F5N4O4S/c32-24-25(33)27(35)29(28(36)26(24)34)45(43,44)40-13-11-23(40)31(42)39(21-8-9-22-18(14-21)10-12-37-30(22)41)16-20-7-6-19(15-38-20)17-4-2-1-3-5-17/h6-10,12,14-15,17,23H,1-5,11,13,16H2,(H,37,41)/t23-/m1/s1. The first kappa shape index (κ1) is 30.8. The lowest BCUT2D eigenvalue weighted by Crippen LogP contribution is -2.59. The number of carbonyl (C=O) groups excluding carboxylic acids is 1. The van der Waals surface area contributed by atoms with E-state index in [0.29, 0.717) is 26.7 Å². The van der Waals surface area contributed by atoms with Crippen LogP contribution in [0.1, 0.15) is 55.7 Å². The number of hydrogen-bond donors (Lipinski definition) is 1. The summed E-state index contributed by atoms with van der Waals surface area (Å²) in [5, 5.41) is 0.817. The van der Waals surface area contributed by atoms with Gasteiger partial charge >= 0.3 is 0 Å². The van der Waals surface area contributed by atoms with Gasteiger partial charge in [-0.1, -0.05) is 25.3 Å². The van der Waals surface area contributed by atoms with Crippen molar-refractivity contribution in [3.8, 4) is 0 Å². The van der Waals surface area contributed by atoms with Crippen LogP contribution in [0.2, 0.25) is 0 Å². The predicted molar refractivity (Wildman–Crippen MR) is 154 cm³/mol. The third kappa shape index (κ3) is 5.50. The van der Waals surface area contributed by atoms with Crippen LogP contribution in [-0.2, 0) is 21.4 Å². The number of aromatic nitrogens is 2. The topological polar surface area (TPSA) is 103 Å². The number of fused-ring (bicyclic) bond motifs is 1. The molecule has 1 aliphatic heterocycles. The van der Waals surface area contributed by atoms with Crippen molar-refractivity contribution in [1.82, 2.24) is 14.3 Å². The molecule has 0 unspecified atom stereocenters. The molecule has 1 aliphatic carbocycles. The minimum atomic E-state index is -5.34. The van der Waals surface area contributed by atoms with Gasteiger partial charge in [0.2, 0.25) is 21.7 Å². The van der Waals surface area contributed by atoms with Crippen LogP contribution < -0.4 is 10.5 Å². The van der Waals surface area contributed by atoms with Gasteiger partial charge in [0.1, 0.15) is 6.04 Å². The summed E-state index contributed by atoms with van der Waals surface area (Å²) in [6.07, 6.45) is 8.65. The molecule has 0 radical (unpaired) electrons. The summed E-state index contributed by atoms with van der Waals surface area (Å²) in [4.78, 5) is 32.6. The quantitative estimate of drug-likeness (QED) is 0.159. The Morgan fingerprint density at radius 3 is 2.22 bits per heavy atom. The Labute approximate surface area is 254 Å². The molecule has 8 nitrogen and oxygen atoms in total. The summed E-state index contributed by atoms with van der Waals surface area (Å²) in [5.41, 5.74) is 1.44. The molecular formula is C31H27F5N4O4S. The average Bonchev–Trinajstić information content (AvgIpc) is 3.01. The number of carbonyl (C=O) groups is 1. The van der Waals surface area contributed by atoms with E-state index in [2.05, 4.69) is 9.97 Å². The Morgan fingerprint density at radius 2 is 1.60 bits per heavy atom. The van der Waals surface area contributed by atoms with Crippen molar-refractivity contribution < 1.29 is 35.2 Å². The molecule has 1 atom stereocenters. The number of benzene rings is 2. The first-order valence-electron chi connectivity index (χ1n) is 14.4. The van der Waals surface area contributed by atoms with Crippen LogP contribution in [0.5, 0.6) is 0 Å². The number of hydrogen-bond acceptors (Lipinski definition) is 5. The van der Waals surface area contributed by atoms with Crippen LogP contribution in [0.15, 0.2) is 58.5 Å². The zero-order valence-electron chi connectivity index (χ0n) is 23.7. The molecule has 1 saturated carbocycles. The number of sulfonamides is 1. The Balaban J connectivity index is 1.35. The highest BCUT2D eigenvalue weighted by Gasteiger charge is 2.48. The first-order valence-corrected chi connectivity index (χ1v) is 15.8. The Bertz CT molecular complexity index is 1930. The van der Waals surface area contributed by atoms with Gasteiger partial charge in [-0.3, -0.25) is 14.6 Å². The van der Waals surface area contributed by atoms with E-state index in [-0.39, 0.29) is 24.2 Å². The van der Waals surface area contributed by atoms with Crippen LogP contribution in [0.25, 0.3) is 10.8 Å². The summed E-state index contributed by atoms with van der Waals surface area (Å²) >= 11 is 0. The molecule has 14 heteroatoms. The van der Waals surface area contributed by atoms with Gasteiger partial charge in [-0.15, -0.1) is 0 Å². The molecule has 2 fully saturated rings. The average molecular weight is 647 g/mol. The van der Waals surface area contributed by atoms with Crippen molar-refractivity contribution in [2.45, 2.75) is 61.9 Å². The van der Waals surface area contributed by atoms with E-state index >= 15 is 0 Å². The van der Waals surface area contributed by atoms with Gasteiger partial charge in [-0.2, -0.15) is 4.31 Å². The highest BCUT2D eigenvalue weighted by atomic mass is 32.2. The van der Waals surface area contributed by atoms with E-state index in [0.717, 1.165) is 31.2 Å². The van der Waals surface area contributed by atoms with Crippen LogP contribution in [0.3, 0.4) is 0 Å². The molecule has 2 aliphatic rings. The molecule has 6 rings (SSSR count). The Morgan fingerprint density at radius 1 is 0.911 bits per heavy atom. The smallest absolute Gasteiger partial charge is 0.255 e. The van der Waals surface area contributed by atoms with E-state index in [1.807, 2.05) is 6.07 Å². The minimum absolute atomic E-state index is 0.0781. The number of H-pyrrole nitrogens is 1. The maximum Gasteiger partial charge on any atom is 0.255 e. The third-order valence-electron chi connectivity index (χ3n) is 8.57. The Hall–Kier alpha value is -4.17. The molecule has 0 bridgehead atoms. The molecule has 2 aromatic heterocycles. The van der Waals surface area contributed by atoms with Gasteiger partial charge in [0.05, 0.1) is 12.2 Å². The van der Waals surface area contributed by atoms with Crippen molar-refractivity contribution in [2.75, 3.05) is 11.4 Å². The summed E-state index contributed by atoms with van der Waals surface area (Å²) < 4.78 is 97.5. The fraction of sp³-hybridized carbons (Fsp3) is 0.323. The van der Waals surface area contributed by atoms with Gasteiger partial charge < -0.3 is 9.88 Å². The zero-order valence-corrected chi connectivity index (χ0v) is 24.5. The van der Waals surface area contributed by atoms with Crippen LogP contribution in [-0.4, -0.2) is 41.2 Å². The second kappa shape index (κ2) is 12.0. The zero-order chi connectivity index (χ0) is 32.0. The molecule has 1 N–H and O–H groups in total. The predicted octanol–water partition coefficient (Wildman–Crippen LogP) is 5.66. The number of aromatic amines is 1. The van der Waals surface area contributed by atoms with Crippen LogP contribution in [0.4, 0.5) is 27.6 Å². The van der Waals surface area contributed by atoms with Crippen molar-refractivity contribution in [1.29, 1.82) is 0 Å². The molecule has 0 spiro atoms. The normalized spacial score (nSPS) is 17.8. The number of amides is 1. The molecule has 4 aromatic rings. The number of anilines is 1. The second-order valence-electron chi connectivity index (χ2n) is 11.2. The lowest BCUT2D eigenvalue weighted by molar-refractivity contribution is -0.125. The fourth-order valence-electron chi connectivity index (χ4n) is 6.02. The molecule has 45 heavy (non-hydrogen) atoms. The van der Waals surface area contributed by atoms with Gasteiger partial charge in [-0.25, -0.2) is 30.4 Å². The van der Waals surface area contributed by atoms with Gasteiger partial charge in [0.25, 0.3) is 5.56 Å². The van der Waals surface area contributed by atoms with E-state index < -0.39 is 62.5 Å². The molecular weight excluding hydrogens is 619 g/mol. The SMILES string of the molecule is O=C([C@H]1CCN1S(=O)(=O)c1c(F)c(F)c(F)c(F)c1F)N(Cc1ccc(C2CCCCC2)cn1)c1ccc2c(=O)[nH]ccc2c1. The molecule has 3 heterocycles. The number of nitrogens with zero attached hydrogens (tertiary/aromatic N) is 3. The molecule has 236 valence electrons. The van der Waals surface area contributed by atoms with Crippen molar-refractivity contribution in [3.05, 3.63) is 99.5 Å². The maximum absolute atomic E-state index is 14.5. The van der Waals surface area contributed by atoms with Crippen molar-refractivity contribution >= 4 is 32.4 Å². The first-order chi connectivity index (χ1) is 21.5. The van der Waals surface area contributed by atoms with E-state index in [1.54, 1.807) is 24.4 Å². The molecule has 1 saturated heterocycles. The summed E-state index contributed by atoms with van der Waals surface area (Å²) in [5.74, 6) is -12.8. The van der Waals surface area contributed by atoms with E-state index in [9.17, 15) is 40.0 Å². The van der Waals surface area contributed by atoms with Crippen molar-refractivity contribution in [3.63, 3.8) is 0 Å². The highest BCUT2D eigenvalue weighted by molar-refractivity contribution is 7.89. The van der Waals surface area contributed by atoms with Crippen LogP contribution in [0, 0.1) is 29.1 Å². The highest BCUT2D eigenvalue weighted by Crippen LogP contribution is 2.36. The Kier molecular flexibility index (Phi) is 8.20. The number of halogens is 5. The lowest BCUT2D eigenvalue weighted by atomic mass is 9.85. The van der Waals surface area contributed by atoms with Crippen molar-refractivity contribution in [2.24, 2.45) is 0 Å². The lowest BCUT2D eigenvalue weighted by Gasteiger charge is -2.41. The number of rotatable bonds is 7. The third-order valence-corrected chi connectivity index (χ3v) is 10.5. The summed E-state index contributed by atoms with van der Waals surface area (Å²) in [7, 11) is -5.34. The van der Waals surface area contributed by atoms with E-state index in [1.165, 1.54) is 29.7 Å². The van der Waals surface area contributed by atoms with Crippen LogP contribution >= 0.6 is 0 Å². The maximum atomic E-state index is 14.5. The van der Waals surface area contributed by atoms with Gasteiger partial charge in [0, 0.05) is 30.0 Å². The largest absolute Gasteiger partial charge is 0.329 e. The monoisotopic (exact) mass is 646 g/mol. The second-order valence-corrected chi connectivity index (χ2v) is 13.1. The van der Waals surface area contributed by atoms with Gasteiger partial charge in [0.15, 0.2) is 28.2 Å². The van der Waals surface area contributed by atoms with E-state index in [4.69, 9.17) is 0 Å². The number of pyridine rings is 2.